The van der Waals surface area contributed by atoms with Gasteiger partial charge in [0, 0.05) is 52.4 Å². The fourth-order valence-electron chi connectivity index (χ4n) is 3.75. The number of sulfonamides is 1. The Kier molecular flexibility index (Phi) is 9.22. The molecule has 28 heavy (non-hydrogen) atoms. The Morgan fingerprint density at radius 3 is 2.43 bits per heavy atom. The maximum absolute atomic E-state index is 12.5. The Morgan fingerprint density at radius 2 is 1.86 bits per heavy atom. The first-order valence-electron chi connectivity index (χ1n) is 9.93. The van der Waals surface area contributed by atoms with Gasteiger partial charge in [-0.15, -0.1) is 24.0 Å². The van der Waals surface area contributed by atoms with E-state index in [1.165, 1.54) is 4.31 Å². The quantitative estimate of drug-likeness (QED) is 0.305. The number of carbonyl (C=O) groups is 1. The molecule has 0 aliphatic carbocycles. The predicted molar refractivity (Wildman–Crippen MR) is 118 cm³/mol. The van der Waals surface area contributed by atoms with Crippen molar-refractivity contribution in [3.05, 3.63) is 0 Å². The van der Waals surface area contributed by atoms with Gasteiger partial charge in [-0.3, -0.25) is 9.79 Å². The first-order chi connectivity index (χ1) is 13.0. The third kappa shape index (κ3) is 5.92. The average molecular weight is 529 g/mol. The molecule has 0 aromatic carbocycles. The van der Waals surface area contributed by atoms with Gasteiger partial charge in [-0.1, -0.05) is 0 Å². The second-order valence-corrected chi connectivity index (χ2v) is 9.21. The molecule has 11 heteroatoms. The Hall–Kier alpha value is -0.660. The van der Waals surface area contributed by atoms with Gasteiger partial charge >= 0.3 is 0 Å². The summed E-state index contributed by atoms with van der Waals surface area (Å²) >= 11 is 0. The van der Waals surface area contributed by atoms with Crippen LogP contribution in [0.1, 0.15) is 26.2 Å². The molecular weight excluding hydrogens is 497 g/mol. The first-order valence-corrected chi connectivity index (χ1v) is 11.5. The van der Waals surface area contributed by atoms with Crippen LogP contribution in [0, 0.1) is 0 Å². The molecule has 0 bridgehead atoms. The van der Waals surface area contributed by atoms with Crippen molar-refractivity contribution < 1.29 is 17.9 Å². The van der Waals surface area contributed by atoms with Crippen molar-refractivity contribution in [2.75, 3.05) is 64.7 Å². The van der Waals surface area contributed by atoms with E-state index in [0.717, 1.165) is 25.3 Å². The van der Waals surface area contributed by atoms with Crippen LogP contribution in [0.4, 0.5) is 0 Å². The highest BCUT2D eigenvalue weighted by molar-refractivity contribution is 14.0. The minimum absolute atomic E-state index is 0. The molecule has 3 fully saturated rings. The molecule has 3 rings (SSSR count). The van der Waals surface area contributed by atoms with E-state index in [-0.39, 0.29) is 41.7 Å². The molecule has 3 heterocycles. The van der Waals surface area contributed by atoms with E-state index in [9.17, 15) is 13.2 Å². The van der Waals surface area contributed by atoms with Gasteiger partial charge in [-0.2, -0.15) is 0 Å². The number of guanidine groups is 1. The van der Waals surface area contributed by atoms with Crippen LogP contribution in [0.2, 0.25) is 0 Å². The fraction of sp³-hybridized carbons (Fsp3) is 0.882. The van der Waals surface area contributed by atoms with E-state index >= 15 is 0 Å². The molecule has 1 amide bonds. The lowest BCUT2D eigenvalue weighted by Crippen LogP contribution is -2.55. The van der Waals surface area contributed by atoms with Crippen molar-refractivity contribution in [1.82, 2.24) is 19.4 Å². The topological polar surface area (TPSA) is 94.5 Å². The molecule has 3 saturated heterocycles. The average Bonchev–Trinajstić information content (AvgIpc) is 3.30. The molecule has 1 N–H and O–H groups in total. The van der Waals surface area contributed by atoms with Crippen LogP contribution in [0.3, 0.4) is 0 Å². The van der Waals surface area contributed by atoms with Crippen molar-refractivity contribution in [2.24, 2.45) is 4.99 Å². The number of nitrogens with zero attached hydrogens (tertiary/aromatic N) is 4. The number of piperazine rings is 1. The van der Waals surface area contributed by atoms with E-state index in [4.69, 9.17) is 4.74 Å². The second kappa shape index (κ2) is 10.9. The van der Waals surface area contributed by atoms with Crippen molar-refractivity contribution in [1.29, 1.82) is 0 Å². The third-order valence-electron chi connectivity index (χ3n) is 5.25. The van der Waals surface area contributed by atoms with Gasteiger partial charge in [0.25, 0.3) is 5.91 Å². The van der Waals surface area contributed by atoms with Crippen molar-refractivity contribution in [2.45, 2.75) is 32.3 Å². The SMILES string of the molecule is CCNC(=NCCN1CCCS1(=O)=O)N1CCN(C(=O)C2CCCO2)CC1.I. The van der Waals surface area contributed by atoms with Gasteiger partial charge in [-0.05, 0) is 26.2 Å². The van der Waals surface area contributed by atoms with Crippen LogP contribution in [0.15, 0.2) is 4.99 Å². The van der Waals surface area contributed by atoms with Crippen LogP contribution in [-0.2, 0) is 19.6 Å². The van der Waals surface area contributed by atoms with Gasteiger partial charge in [-0.25, -0.2) is 12.7 Å². The number of nitrogens with one attached hydrogen (secondary N) is 1. The molecular formula is C17H32IN5O4S. The van der Waals surface area contributed by atoms with Gasteiger partial charge < -0.3 is 19.9 Å². The number of aliphatic imine (C=N–C) groups is 1. The number of hydrogen-bond donors (Lipinski definition) is 1. The van der Waals surface area contributed by atoms with Crippen molar-refractivity contribution in [3.63, 3.8) is 0 Å². The van der Waals surface area contributed by atoms with Crippen LogP contribution >= 0.6 is 24.0 Å². The van der Waals surface area contributed by atoms with Crippen LogP contribution in [0.25, 0.3) is 0 Å². The van der Waals surface area contributed by atoms with E-state index < -0.39 is 10.0 Å². The Bertz CT molecular complexity index is 646. The molecule has 0 radical (unpaired) electrons. The molecule has 0 aromatic heterocycles. The number of carbonyl (C=O) groups excluding carboxylic acids is 1. The van der Waals surface area contributed by atoms with Crippen LogP contribution in [0.5, 0.6) is 0 Å². The first kappa shape index (κ1) is 23.6. The van der Waals surface area contributed by atoms with E-state index in [1.54, 1.807) is 0 Å². The zero-order chi connectivity index (χ0) is 19.3. The van der Waals surface area contributed by atoms with Gasteiger partial charge in [0.15, 0.2) is 5.96 Å². The minimum Gasteiger partial charge on any atom is -0.368 e. The molecule has 9 nitrogen and oxygen atoms in total. The van der Waals surface area contributed by atoms with Crippen LogP contribution in [-0.4, -0.2) is 105 Å². The summed E-state index contributed by atoms with van der Waals surface area (Å²) in [6.07, 6.45) is 2.22. The lowest BCUT2D eigenvalue weighted by molar-refractivity contribution is -0.142. The largest absolute Gasteiger partial charge is 0.368 e. The standard InChI is InChI=1S/C17H31N5O4S.HI/c1-2-18-17(19-6-8-22-7-4-14-27(22,24)25)21-11-9-20(10-12-21)16(23)15-5-3-13-26-15;/h15H,2-14H2,1H3,(H,18,19);1H. The predicted octanol–water partition coefficient (Wildman–Crippen LogP) is -0.0714. The summed E-state index contributed by atoms with van der Waals surface area (Å²) in [5, 5.41) is 3.28. The van der Waals surface area contributed by atoms with Crippen molar-refractivity contribution >= 4 is 45.9 Å². The molecule has 1 unspecified atom stereocenters. The number of halogens is 1. The second-order valence-electron chi connectivity index (χ2n) is 7.12. The molecule has 3 aliphatic heterocycles. The van der Waals surface area contributed by atoms with Gasteiger partial charge in [0.05, 0.1) is 12.3 Å². The number of amides is 1. The van der Waals surface area contributed by atoms with Crippen LogP contribution < -0.4 is 5.32 Å². The summed E-state index contributed by atoms with van der Waals surface area (Å²) in [7, 11) is -3.07. The number of ether oxygens (including phenoxy) is 1. The summed E-state index contributed by atoms with van der Waals surface area (Å²) in [5.41, 5.74) is 0. The van der Waals surface area contributed by atoms with E-state index in [0.29, 0.717) is 58.8 Å². The summed E-state index contributed by atoms with van der Waals surface area (Å²) in [6.45, 7) is 7.64. The van der Waals surface area contributed by atoms with E-state index in [1.807, 2.05) is 11.8 Å². The highest BCUT2D eigenvalue weighted by Gasteiger charge is 2.31. The lowest BCUT2D eigenvalue weighted by atomic mass is 10.2. The zero-order valence-corrected chi connectivity index (χ0v) is 19.7. The monoisotopic (exact) mass is 529 g/mol. The highest BCUT2D eigenvalue weighted by atomic mass is 127. The zero-order valence-electron chi connectivity index (χ0n) is 16.5. The molecule has 1 atom stereocenters. The smallest absolute Gasteiger partial charge is 0.251 e. The summed E-state index contributed by atoms with van der Waals surface area (Å²) in [5.74, 6) is 1.14. The molecule has 0 spiro atoms. The normalized spacial score (nSPS) is 25.6. The van der Waals surface area contributed by atoms with E-state index in [2.05, 4.69) is 15.2 Å². The third-order valence-corrected chi connectivity index (χ3v) is 7.20. The number of rotatable bonds is 5. The maximum Gasteiger partial charge on any atom is 0.251 e. The molecule has 3 aliphatic rings. The van der Waals surface area contributed by atoms with Gasteiger partial charge in [0.2, 0.25) is 10.0 Å². The number of hydrogen-bond acceptors (Lipinski definition) is 5. The Morgan fingerprint density at radius 1 is 1.14 bits per heavy atom. The Labute approximate surface area is 184 Å². The summed E-state index contributed by atoms with van der Waals surface area (Å²) < 4.78 is 30.8. The summed E-state index contributed by atoms with van der Waals surface area (Å²) in [6, 6.07) is 0. The minimum atomic E-state index is -3.07. The van der Waals surface area contributed by atoms with Gasteiger partial charge in [0.1, 0.15) is 6.10 Å². The lowest BCUT2D eigenvalue weighted by Gasteiger charge is -2.37. The Balaban J connectivity index is 0.00000280. The fourth-order valence-corrected chi connectivity index (χ4v) is 5.27. The molecule has 0 aromatic rings. The van der Waals surface area contributed by atoms with Crippen molar-refractivity contribution in [3.8, 4) is 0 Å². The maximum atomic E-state index is 12.5. The highest BCUT2D eigenvalue weighted by Crippen LogP contribution is 2.16. The summed E-state index contributed by atoms with van der Waals surface area (Å²) in [4.78, 5) is 21.1. The molecule has 0 saturated carbocycles. The molecule has 162 valence electrons.